The summed E-state index contributed by atoms with van der Waals surface area (Å²) in [6.07, 6.45) is 4.54. The molecule has 0 unspecified atom stereocenters. The Hall–Kier alpha value is -0.900. The Labute approximate surface area is 84.5 Å². The molecule has 0 bridgehead atoms. The second-order valence-electron chi connectivity index (χ2n) is 4.20. The largest absolute Gasteiger partial charge is 0.320 e. The zero-order valence-corrected chi connectivity index (χ0v) is 8.95. The molecule has 0 amide bonds. The van der Waals surface area contributed by atoms with Gasteiger partial charge in [-0.1, -0.05) is 18.1 Å². The van der Waals surface area contributed by atoms with E-state index in [9.17, 15) is 0 Å². The summed E-state index contributed by atoms with van der Waals surface area (Å²) >= 11 is 0. The summed E-state index contributed by atoms with van der Waals surface area (Å²) in [6.45, 7) is 5.00. The molecule has 0 radical (unpaired) electrons. The quantitative estimate of drug-likeness (QED) is 0.772. The molecule has 2 N–H and O–H groups in total. The van der Waals surface area contributed by atoms with Crippen molar-refractivity contribution in [2.75, 3.05) is 0 Å². The van der Waals surface area contributed by atoms with Crippen molar-refractivity contribution >= 4 is 0 Å². The van der Waals surface area contributed by atoms with Gasteiger partial charge >= 0.3 is 0 Å². The van der Waals surface area contributed by atoms with Crippen molar-refractivity contribution in [3.05, 3.63) is 11.4 Å². The molecule has 0 aromatic carbocycles. The molecule has 1 aromatic heterocycles. The standard InChI is InChI=1S/C10H18N4/c1-3-14-8(2)9(12-13-14)10(11)6-4-5-7-10/h3-7,11H2,1-2H3. The normalized spacial score (nSPS) is 20.2. The van der Waals surface area contributed by atoms with E-state index >= 15 is 0 Å². The van der Waals surface area contributed by atoms with Gasteiger partial charge < -0.3 is 5.73 Å². The first kappa shape index (κ1) is 9.65. The fourth-order valence-corrected chi connectivity index (χ4v) is 2.36. The number of nitrogens with zero attached hydrogens (tertiary/aromatic N) is 3. The average molecular weight is 194 g/mol. The molecule has 1 heterocycles. The van der Waals surface area contributed by atoms with E-state index in [1.54, 1.807) is 0 Å². The smallest absolute Gasteiger partial charge is 0.105 e. The Balaban J connectivity index is 2.35. The topological polar surface area (TPSA) is 56.7 Å². The summed E-state index contributed by atoms with van der Waals surface area (Å²) in [5.74, 6) is 0. The van der Waals surface area contributed by atoms with Gasteiger partial charge in [0.15, 0.2) is 0 Å². The van der Waals surface area contributed by atoms with Crippen LogP contribution in [0.1, 0.15) is 44.0 Å². The second-order valence-corrected chi connectivity index (χ2v) is 4.20. The van der Waals surface area contributed by atoms with Gasteiger partial charge in [-0.2, -0.15) is 0 Å². The van der Waals surface area contributed by atoms with E-state index in [4.69, 9.17) is 5.73 Å². The van der Waals surface area contributed by atoms with Gasteiger partial charge in [0.1, 0.15) is 5.69 Å². The molecule has 0 aliphatic heterocycles. The average Bonchev–Trinajstić information content (AvgIpc) is 2.73. The second kappa shape index (κ2) is 3.35. The van der Waals surface area contributed by atoms with Crippen LogP contribution in [0, 0.1) is 6.92 Å². The molecular weight excluding hydrogens is 176 g/mol. The van der Waals surface area contributed by atoms with E-state index in [2.05, 4.69) is 24.2 Å². The molecular formula is C10H18N4. The van der Waals surface area contributed by atoms with Gasteiger partial charge in [-0.25, -0.2) is 4.68 Å². The van der Waals surface area contributed by atoms with Crippen LogP contribution in [0.5, 0.6) is 0 Å². The van der Waals surface area contributed by atoms with Crippen molar-refractivity contribution in [3.63, 3.8) is 0 Å². The van der Waals surface area contributed by atoms with Crippen molar-refractivity contribution < 1.29 is 0 Å². The Morgan fingerprint density at radius 2 is 2.07 bits per heavy atom. The zero-order valence-electron chi connectivity index (χ0n) is 8.95. The Bertz CT molecular complexity index is 323. The fourth-order valence-electron chi connectivity index (χ4n) is 2.36. The first-order valence-corrected chi connectivity index (χ1v) is 5.37. The number of aromatic nitrogens is 3. The highest BCUT2D eigenvalue weighted by Crippen LogP contribution is 2.36. The lowest BCUT2D eigenvalue weighted by Gasteiger charge is -2.21. The van der Waals surface area contributed by atoms with E-state index in [0.717, 1.165) is 30.8 Å². The molecule has 1 fully saturated rings. The summed E-state index contributed by atoms with van der Waals surface area (Å²) < 4.78 is 1.92. The van der Waals surface area contributed by atoms with Gasteiger partial charge in [0, 0.05) is 6.54 Å². The van der Waals surface area contributed by atoms with E-state index < -0.39 is 0 Å². The zero-order chi connectivity index (χ0) is 10.2. The predicted octanol–water partition coefficient (Wildman–Crippen LogP) is 1.33. The summed E-state index contributed by atoms with van der Waals surface area (Å²) in [4.78, 5) is 0. The number of hydrogen-bond acceptors (Lipinski definition) is 3. The van der Waals surface area contributed by atoms with Gasteiger partial charge in [-0.3, -0.25) is 0 Å². The van der Waals surface area contributed by atoms with Gasteiger partial charge in [-0.05, 0) is 26.7 Å². The molecule has 1 aromatic rings. The maximum absolute atomic E-state index is 6.33. The third-order valence-electron chi connectivity index (χ3n) is 3.25. The highest BCUT2D eigenvalue weighted by atomic mass is 15.4. The van der Waals surface area contributed by atoms with Crippen molar-refractivity contribution in [3.8, 4) is 0 Å². The SMILES string of the molecule is CCn1nnc(C2(N)CCCC2)c1C. The maximum Gasteiger partial charge on any atom is 0.105 e. The van der Waals surface area contributed by atoms with Crippen LogP contribution >= 0.6 is 0 Å². The summed E-state index contributed by atoms with van der Waals surface area (Å²) in [5.41, 5.74) is 8.28. The summed E-state index contributed by atoms with van der Waals surface area (Å²) in [7, 11) is 0. The van der Waals surface area contributed by atoms with Crippen LogP contribution in [0.15, 0.2) is 0 Å². The van der Waals surface area contributed by atoms with Crippen molar-refractivity contribution in [1.29, 1.82) is 0 Å². The summed E-state index contributed by atoms with van der Waals surface area (Å²) in [6, 6.07) is 0. The lowest BCUT2D eigenvalue weighted by molar-refractivity contribution is 0.444. The molecule has 2 rings (SSSR count). The van der Waals surface area contributed by atoms with Crippen LogP contribution in [0.2, 0.25) is 0 Å². The Morgan fingerprint density at radius 3 is 2.57 bits per heavy atom. The molecule has 14 heavy (non-hydrogen) atoms. The van der Waals surface area contributed by atoms with Gasteiger partial charge in [-0.15, -0.1) is 5.10 Å². The number of hydrogen-bond donors (Lipinski definition) is 1. The molecule has 0 saturated heterocycles. The maximum atomic E-state index is 6.33. The molecule has 1 aliphatic rings. The van der Waals surface area contributed by atoms with Crippen LogP contribution in [-0.2, 0) is 12.1 Å². The van der Waals surface area contributed by atoms with Gasteiger partial charge in [0.2, 0.25) is 0 Å². The lowest BCUT2D eigenvalue weighted by Crippen LogP contribution is -2.34. The van der Waals surface area contributed by atoms with Crippen LogP contribution in [0.25, 0.3) is 0 Å². The van der Waals surface area contributed by atoms with Crippen molar-refractivity contribution in [2.24, 2.45) is 5.73 Å². The monoisotopic (exact) mass is 194 g/mol. The van der Waals surface area contributed by atoms with Crippen molar-refractivity contribution in [2.45, 2.75) is 51.6 Å². The molecule has 4 nitrogen and oxygen atoms in total. The first-order valence-electron chi connectivity index (χ1n) is 5.37. The van der Waals surface area contributed by atoms with Crippen LogP contribution in [-0.4, -0.2) is 15.0 Å². The Kier molecular flexibility index (Phi) is 2.31. The molecule has 78 valence electrons. The Morgan fingerprint density at radius 1 is 1.43 bits per heavy atom. The number of aryl methyl sites for hydroxylation is 1. The van der Waals surface area contributed by atoms with Crippen molar-refractivity contribution in [1.82, 2.24) is 15.0 Å². The minimum atomic E-state index is -0.197. The molecule has 1 aliphatic carbocycles. The lowest BCUT2D eigenvalue weighted by atomic mass is 9.93. The summed E-state index contributed by atoms with van der Waals surface area (Å²) in [5, 5.41) is 8.34. The first-order chi connectivity index (χ1) is 6.67. The predicted molar refractivity (Wildman–Crippen MR) is 54.8 cm³/mol. The molecule has 4 heteroatoms. The highest BCUT2D eigenvalue weighted by molar-refractivity contribution is 5.20. The van der Waals surface area contributed by atoms with Gasteiger partial charge in [0.25, 0.3) is 0 Å². The minimum Gasteiger partial charge on any atom is -0.320 e. The van der Waals surface area contributed by atoms with Crippen LogP contribution < -0.4 is 5.73 Å². The van der Waals surface area contributed by atoms with E-state index in [1.807, 2.05) is 4.68 Å². The number of rotatable bonds is 2. The molecule has 1 saturated carbocycles. The molecule has 0 spiro atoms. The van der Waals surface area contributed by atoms with E-state index in [-0.39, 0.29) is 5.54 Å². The molecule has 0 atom stereocenters. The van der Waals surface area contributed by atoms with Crippen LogP contribution in [0.4, 0.5) is 0 Å². The third kappa shape index (κ3) is 1.34. The fraction of sp³-hybridized carbons (Fsp3) is 0.800. The van der Waals surface area contributed by atoms with Crippen LogP contribution in [0.3, 0.4) is 0 Å². The third-order valence-corrected chi connectivity index (χ3v) is 3.25. The number of nitrogens with two attached hydrogens (primary N) is 1. The minimum absolute atomic E-state index is 0.197. The van der Waals surface area contributed by atoms with E-state index in [0.29, 0.717) is 0 Å². The van der Waals surface area contributed by atoms with E-state index in [1.165, 1.54) is 12.8 Å². The highest BCUT2D eigenvalue weighted by Gasteiger charge is 2.35. The van der Waals surface area contributed by atoms with Gasteiger partial charge in [0.05, 0.1) is 11.2 Å².